The van der Waals surface area contributed by atoms with E-state index in [4.69, 9.17) is 0 Å². The van der Waals surface area contributed by atoms with E-state index in [-0.39, 0.29) is 30.2 Å². The van der Waals surface area contributed by atoms with E-state index in [1.807, 2.05) is 42.6 Å². The van der Waals surface area contributed by atoms with E-state index in [0.717, 1.165) is 21.3 Å². The van der Waals surface area contributed by atoms with Gasteiger partial charge in [0.1, 0.15) is 0 Å². The molecule has 0 saturated carbocycles. The van der Waals surface area contributed by atoms with Crippen LogP contribution in [0.5, 0.6) is 0 Å². The monoisotopic (exact) mass is 368 g/mol. The highest BCUT2D eigenvalue weighted by Gasteiger charge is 2.09. The third-order valence-corrected chi connectivity index (χ3v) is 5.07. The normalized spacial score (nSPS) is 10.8. The fraction of sp³-hybridized carbons (Fsp3) is 0.250. The number of amides is 1. The number of pyridine rings is 1. The first kappa shape index (κ1) is 18.1. The van der Waals surface area contributed by atoms with Crippen molar-refractivity contribution in [2.75, 3.05) is 0 Å². The van der Waals surface area contributed by atoms with E-state index in [2.05, 4.69) is 10.3 Å². The Bertz CT molecular complexity index is 990. The first-order chi connectivity index (χ1) is 12.5. The van der Waals surface area contributed by atoms with Crippen molar-refractivity contribution < 1.29 is 9.59 Å². The van der Waals surface area contributed by atoms with Gasteiger partial charge in [0.25, 0.3) is 5.56 Å². The summed E-state index contributed by atoms with van der Waals surface area (Å²) in [5, 5.41) is 5.56. The highest BCUT2D eigenvalue weighted by molar-refractivity contribution is 7.12. The predicted molar refractivity (Wildman–Crippen MR) is 104 cm³/mol. The van der Waals surface area contributed by atoms with E-state index in [0.29, 0.717) is 18.4 Å². The molecule has 134 valence electrons. The van der Waals surface area contributed by atoms with Crippen molar-refractivity contribution in [3.05, 3.63) is 68.1 Å². The SMILES string of the molecule is Cc1ccc2[nH]c(=O)c(CNC(=O)CCCC(=O)c3cccs3)cc2c1. The zero-order valence-corrected chi connectivity index (χ0v) is 15.3. The van der Waals surface area contributed by atoms with Crippen LogP contribution in [0, 0.1) is 6.92 Å². The number of benzene rings is 1. The maximum absolute atomic E-state index is 12.1. The van der Waals surface area contributed by atoms with Crippen molar-refractivity contribution in [3.8, 4) is 0 Å². The average molecular weight is 368 g/mol. The summed E-state index contributed by atoms with van der Waals surface area (Å²) in [7, 11) is 0. The summed E-state index contributed by atoms with van der Waals surface area (Å²) in [5.41, 5.74) is 2.21. The van der Waals surface area contributed by atoms with Crippen LogP contribution < -0.4 is 10.9 Å². The first-order valence-electron chi connectivity index (χ1n) is 8.49. The Morgan fingerprint density at radius 2 is 2.00 bits per heavy atom. The minimum Gasteiger partial charge on any atom is -0.352 e. The van der Waals surface area contributed by atoms with Crippen LogP contribution in [0.1, 0.15) is 40.1 Å². The number of hydrogen-bond donors (Lipinski definition) is 2. The number of carbonyl (C=O) groups excluding carboxylic acids is 2. The molecule has 0 spiro atoms. The predicted octanol–water partition coefficient (Wildman–Crippen LogP) is 3.57. The Hall–Kier alpha value is -2.73. The lowest BCUT2D eigenvalue weighted by atomic mass is 10.1. The first-order valence-corrected chi connectivity index (χ1v) is 9.37. The maximum Gasteiger partial charge on any atom is 0.253 e. The third-order valence-electron chi connectivity index (χ3n) is 4.16. The lowest BCUT2D eigenvalue weighted by Crippen LogP contribution is -2.26. The van der Waals surface area contributed by atoms with Crippen LogP contribution in [-0.2, 0) is 11.3 Å². The molecule has 26 heavy (non-hydrogen) atoms. The second-order valence-electron chi connectivity index (χ2n) is 6.25. The molecule has 2 N–H and O–H groups in total. The van der Waals surface area contributed by atoms with Crippen LogP contribution in [0.2, 0.25) is 0 Å². The molecule has 0 unspecified atom stereocenters. The number of hydrogen-bond acceptors (Lipinski definition) is 4. The molecule has 0 aliphatic rings. The topological polar surface area (TPSA) is 79.0 Å². The third kappa shape index (κ3) is 4.46. The van der Waals surface area contributed by atoms with E-state index in [1.54, 1.807) is 6.07 Å². The van der Waals surface area contributed by atoms with Crippen LogP contribution in [-0.4, -0.2) is 16.7 Å². The van der Waals surface area contributed by atoms with Gasteiger partial charge in [-0.25, -0.2) is 0 Å². The van der Waals surface area contributed by atoms with E-state index in [1.165, 1.54) is 11.3 Å². The highest BCUT2D eigenvalue weighted by atomic mass is 32.1. The smallest absolute Gasteiger partial charge is 0.253 e. The van der Waals surface area contributed by atoms with Crippen LogP contribution in [0.15, 0.2) is 46.6 Å². The van der Waals surface area contributed by atoms with Crippen LogP contribution >= 0.6 is 11.3 Å². The second-order valence-corrected chi connectivity index (χ2v) is 7.19. The molecule has 0 aliphatic carbocycles. The Labute approximate surface area is 155 Å². The van der Waals surface area contributed by atoms with Gasteiger partial charge in [0, 0.05) is 30.5 Å². The van der Waals surface area contributed by atoms with Gasteiger partial charge < -0.3 is 10.3 Å². The van der Waals surface area contributed by atoms with Gasteiger partial charge in [-0.1, -0.05) is 17.7 Å². The molecule has 5 nitrogen and oxygen atoms in total. The van der Waals surface area contributed by atoms with Gasteiger partial charge in [-0.15, -0.1) is 11.3 Å². The molecule has 1 aromatic carbocycles. The van der Waals surface area contributed by atoms with Crippen molar-refractivity contribution in [2.24, 2.45) is 0 Å². The molecule has 0 radical (unpaired) electrons. The minimum atomic E-state index is -0.200. The molecule has 6 heteroatoms. The zero-order chi connectivity index (χ0) is 18.5. The van der Waals surface area contributed by atoms with Crippen LogP contribution in [0.4, 0.5) is 0 Å². The van der Waals surface area contributed by atoms with Crippen molar-refractivity contribution >= 4 is 33.9 Å². The fourth-order valence-electron chi connectivity index (χ4n) is 2.75. The molecule has 1 amide bonds. The molecule has 3 rings (SSSR count). The largest absolute Gasteiger partial charge is 0.352 e. The number of H-pyrrole nitrogens is 1. The zero-order valence-electron chi connectivity index (χ0n) is 14.5. The Morgan fingerprint density at radius 3 is 2.77 bits per heavy atom. The summed E-state index contributed by atoms with van der Waals surface area (Å²) in [4.78, 5) is 39.6. The number of nitrogens with one attached hydrogen (secondary N) is 2. The number of fused-ring (bicyclic) bond motifs is 1. The van der Waals surface area contributed by atoms with Gasteiger partial charge in [0.05, 0.1) is 4.88 Å². The lowest BCUT2D eigenvalue weighted by molar-refractivity contribution is -0.121. The molecular formula is C20H20N2O3S. The Morgan fingerprint density at radius 1 is 1.15 bits per heavy atom. The van der Waals surface area contributed by atoms with E-state index >= 15 is 0 Å². The molecule has 3 aromatic rings. The van der Waals surface area contributed by atoms with Crippen molar-refractivity contribution in [1.29, 1.82) is 0 Å². The van der Waals surface area contributed by atoms with Crippen LogP contribution in [0.25, 0.3) is 10.9 Å². The molecule has 0 bridgehead atoms. The average Bonchev–Trinajstić information content (AvgIpc) is 3.15. The summed E-state index contributed by atoms with van der Waals surface area (Å²) < 4.78 is 0. The minimum absolute atomic E-state index is 0.0640. The molecular weight excluding hydrogens is 348 g/mol. The maximum atomic E-state index is 12.1. The van der Waals surface area contributed by atoms with Gasteiger partial charge in [-0.2, -0.15) is 0 Å². The van der Waals surface area contributed by atoms with E-state index < -0.39 is 0 Å². The molecule has 2 heterocycles. The number of carbonyl (C=O) groups is 2. The van der Waals surface area contributed by atoms with Gasteiger partial charge in [-0.05, 0) is 48.4 Å². The molecule has 2 aromatic heterocycles. The summed E-state index contributed by atoms with van der Waals surface area (Å²) in [6.45, 7) is 2.17. The number of Topliss-reactive ketones (excluding diaryl/α,β-unsaturated/α-hetero) is 1. The number of rotatable bonds is 7. The molecule has 0 saturated heterocycles. The Kier molecular flexibility index (Phi) is 5.63. The van der Waals surface area contributed by atoms with Gasteiger partial charge in [0.15, 0.2) is 5.78 Å². The van der Waals surface area contributed by atoms with Crippen molar-refractivity contribution in [3.63, 3.8) is 0 Å². The van der Waals surface area contributed by atoms with Gasteiger partial charge >= 0.3 is 0 Å². The lowest BCUT2D eigenvalue weighted by Gasteiger charge is -2.06. The summed E-state index contributed by atoms with van der Waals surface area (Å²) in [5.74, 6) is -0.0955. The molecule has 0 atom stereocenters. The summed E-state index contributed by atoms with van der Waals surface area (Å²) in [6.07, 6.45) is 1.11. The number of thiophene rings is 1. The van der Waals surface area contributed by atoms with Crippen molar-refractivity contribution in [2.45, 2.75) is 32.7 Å². The standard InChI is InChI=1S/C20H20N2O3S/c1-13-7-8-16-14(10-13)11-15(20(25)22-16)12-21-19(24)6-2-4-17(23)18-5-3-9-26-18/h3,5,7-11H,2,4,6,12H2,1H3,(H,21,24)(H,22,25). The Balaban J connectivity index is 1.52. The van der Waals surface area contributed by atoms with Crippen molar-refractivity contribution in [1.82, 2.24) is 10.3 Å². The number of aromatic nitrogens is 1. The van der Waals surface area contributed by atoms with E-state index in [9.17, 15) is 14.4 Å². The second kappa shape index (κ2) is 8.10. The summed E-state index contributed by atoms with van der Waals surface area (Å²) >= 11 is 1.41. The fourth-order valence-corrected chi connectivity index (χ4v) is 3.45. The quantitative estimate of drug-likeness (QED) is 0.626. The highest BCUT2D eigenvalue weighted by Crippen LogP contribution is 2.14. The number of ketones is 1. The number of aromatic amines is 1. The molecule has 0 fully saturated rings. The summed E-state index contributed by atoms with van der Waals surface area (Å²) in [6, 6.07) is 11.2. The van der Waals surface area contributed by atoms with Gasteiger partial charge in [-0.3, -0.25) is 14.4 Å². The van der Waals surface area contributed by atoms with Crippen LogP contribution in [0.3, 0.4) is 0 Å². The molecule has 0 aliphatic heterocycles. The number of aryl methyl sites for hydroxylation is 1. The van der Waals surface area contributed by atoms with Gasteiger partial charge in [0.2, 0.25) is 5.91 Å².